The lowest BCUT2D eigenvalue weighted by Gasteiger charge is -2.18. The molecule has 126 valence electrons. The molecular formula is C15H8Cl2FN5OS. The van der Waals surface area contributed by atoms with Crippen LogP contribution in [0.4, 0.5) is 10.1 Å². The lowest BCUT2D eigenvalue weighted by Crippen LogP contribution is -2.16. The Bertz CT molecular complexity index is 1010. The fraction of sp³-hybridized carbons (Fsp3) is 0.0667. The second kappa shape index (κ2) is 6.29. The number of nitrogens with one attached hydrogen (secondary N) is 1. The van der Waals surface area contributed by atoms with Gasteiger partial charge in [0, 0.05) is 17.6 Å². The molecule has 1 aliphatic rings. The Labute approximate surface area is 155 Å². The molecule has 0 aliphatic carbocycles. The normalized spacial score (nSPS) is 12.4. The van der Waals surface area contributed by atoms with Crippen molar-refractivity contribution in [1.29, 1.82) is 0 Å². The Kier molecular flexibility index (Phi) is 4.10. The molecule has 0 saturated heterocycles. The summed E-state index contributed by atoms with van der Waals surface area (Å²) in [5.74, 6) is -0.520. The molecule has 0 bridgehead atoms. The summed E-state index contributed by atoms with van der Waals surface area (Å²) in [4.78, 5) is 16.9. The number of pyridine rings is 1. The van der Waals surface area contributed by atoms with E-state index in [-0.39, 0.29) is 15.9 Å². The number of fused-ring (bicyclic) bond motifs is 3. The van der Waals surface area contributed by atoms with E-state index in [4.69, 9.17) is 23.2 Å². The third-order valence-corrected chi connectivity index (χ3v) is 5.38. The van der Waals surface area contributed by atoms with Gasteiger partial charge in [0.05, 0.1) is 21.3 Å². The summed E-state index contributed by atoms with van der Waals surface area (Å²) in [6, 6.07) is 5.97. The first kappa shape index (κ1) is 16.3. The van der Waals surface area contributed by atoms with Gasteiger partial charge in [-0.2, -0.15) is 0 Å². The minimum absolute atomic E-state index is 0.0427. The smallest absolute Gasteiger partial charge is 0.278 e. The summed E-state index contributed by atoms with van der Waals surface area (Å²) in [7, 11) is 0. The van der Waals surface area contributed by atoms with Crippen LogP contribution in [0.2, 0.25) is 10.2 Å². The number of hydrogen-bond acceptors (Lipinski definition) is 5. The van der Waals surface area contributed by atoms with Gasteiger partial charge in [-0.05, 0) is 24.3 Å². The van der Waals surface area contributed by atoms with Crippen molar-refractivity contribution in [3.05, 3.63) is 57.8 Å². The van der Waals surface area contributed by atoms with E-state index in [9.17, 15) is 9.18 Å². The van der Waals surface area contributed by atoms with Crippen LogP contribution in [0, 0.1) is 5.82 Å². The van der Waals surface area contributed by atoms with Gasteiger partial charge >= 0.3 is 0 Å². The Balaban J connectivity index is 1.69. The fourth-order valence-corrected chi connectivity index (χ4v) is 4.00. The van der Waals surface area contributed by atoms with Gasteiger partial charge in [-0.3, -0.25) is 4.79 Å². The van der Waals surface area contributed by atoms with E-state index in [1.54, 1.807) is 12.1 Å². The Hall–Kier alpha value is -2.16. The van der Waals surface area contributed by atoms with Gasteiger partial charge in [0.15, 0.2) is 5.69 Å². The summed E-state index contributed by atoms with van der Waals surface area (Å²) in [6.07, 6.45) is 1.49. The van der Waals surface area contributed by atoms with E-state index in [0.29, 0.717) is 27.7 Å². The molecule has 3 heterocycles. The van der Waals surface area contributed by atoms with E-state index >= 15 is 0 Å². The summed E-state index contributed by atoms with van der Waals surface area (Å²) in [5.41, 5.74) is 1.89. The zero-order chi connectivity index (χ0) is 17.6. The first-order chi connectivity index (χ1) is 12.0. The summed E-state index contributed by atoms with van der Waals surface area (Å²) >= 11 is 13.2. The molecule has 1 amide bonds. The molecular weight excluding hydrogens is 388 g/mol. The highest BCUT2D eigenvalue weighted by atomic mass is 35.5. The van der Waals surface area contributed by atoms with Crippen LogP contribution in [-0.2, 0) is 5.75 Å². The van der Waals surface area contributed by atoms with E-state index in [1.807, 2.05) is 0 Å². The predicted octanol–water partition coefficient (Wildman–Crippen LogP) is 3.97. The first-order valence-electron chi connectivity index (χ1n) is 7.03. The SMILES string of the molecule is O=C(Nc1ccnc(Cl)c1)c1nnn2c1CSc1c-2ccc(F)c1Cl. The number of rotatable bonds is 2. The van der Waals surface area contributed by atoms with Gasteiger partial charge in [-0.1, -0.05) is 28.4 Å². The molecule has 6 nitrogen and oxygen atoms in total. The largest absolute Gasteiger partial charge is 0.320 e. The van der Waals surface area contributed by atoms with Gasteiger partial charge in [-0.15, -0.1) is 16.9 Å². The lowest BCUT2D eigenvalue weighted by atomic mass is 10.2. The number of halogens is 3. The Morgan fingerprint density at radius 1 is 1.32 bits per heavy atom. The molecule has 0 unspecified atom stereocenters. The standard InChI is InChI=1S/C15H8Cl2FN5OS/c16-11-5-7(3-4-19-11)20-15(24)13-10-6-25-14-9(23(10)22-21-13)2-1-8(18)12(14)17/h1-5H,6H2,(H,19,20,24). The summed E-state index contributed by atoms with van der Waals surface area (Å²) in [6.45, 7) is 0. The molecule has 2 aromatic heterocycles. The van der Waals surface area contributed by atoms with Gasteiger partial charge < -0.3 is 5.32 Å². The van der Waals surface area contributed by atoms with Gasteiger partial charge in [-0.25, -0.2) is 14.1 Å². The first-order valence-corrected chi connectivity index (χ1v) is 8.77. The maximum absolute atomic E-state index is 13.6. The Morgan fingerprint density at radius 2 is 2.16 bits per heavy atom. The number of thioether (sulfide) groups is 1. The maximum atomic E-state index is 13.6. The second-order valence-corrected chi connectivity index (χ2v) is 6.87. The maximum Gasteiger partial charge on any atom is 0.278 e. The van der Waals surface area contributed by atoms with Crippen LogP contribution in [0.1, 0.15) is 16.2 Å². The highest BCUT2D eigenvalue weighted by Crippen LogP contribution is 2.41. The molecule has 0 saturated carbocycles. The van der Waals surface area contributed by atoms with Crippen molar-refractivity contribution in [2.45, 2.75) is 10.6 Å². The van der Waals surface area contributed by atoms with Crippen molar-refractivity contribution in [1.82, 2.24) is 20.0 Å². The van der Waals surface area contributed by atoms with Crippen LogP contribution in [0.15, 0.2) is 35.4 Å². The Morgan fingerprint density at radius 3 is 2.96 bits per heavy atom. The molecule has 3 aromatic rings. The topological polar surface area (TPSA) is 72.7 Å². The van der Waals surface area contributed by atoms with Crippen molar-refractivity contribution in [3.8, 4) is 5.69 Å². The zero-order valence-corrected chi connectivity index (χ0v) is 14.7. The fourth-order valence-electron chi connectivity index (χ4n) is 2.44. The van der Waals surface area contributed by atoms with Crippen molar-refractivity contribution in [3.63, 3.8) is 0 Å². The van der Waals surface area contributed by atoms with Crippen molar-refractivity contribution < 1.29 is 9.18 Å². The number of anilines is 1. The van der Waals surface area contributed by atoms with Crippen molar-refractivity contribution in [2.75, 3.05) is 5.32 Å². The number of benzene rings is 1. The predicted molar refractivity (Wildman–Crippen MR) is 93.1 cm³/mol. The molecule has 0 radical (unpaired) electrons. The number of nitrogens with zero attached hydrogens (tertiary/aromatic N) is 4. The van der Waals surface area contributed by atoms with Crippen LogP contribution < -0.4 is 5.32 Å². The minimum Gasteiger partial charge on any atom is -0.320 e. The highest BCUT2D eigenvalue weighted by molar-refractivity contribution is 7.98. The quantitative estimate of drug-likeness (QED) is 0.664. The molecule has 1 N–H and O–H groups in total. The molecule has 0 spiro atoms. The molecule has 0 fully saturated rings. The summed E-state index contributed by atoms with van der Waals surface area (Å²) in [5, 5.41) is 11.0. The third-order valence-electron chi connectivity index (χ3n) is 3.57. The van der Waals surface area contributed by atoms with Crippen molar-refractivity contribution >= 4 is 46.6 Å². The molecule has 10 heteroatoms. The van der Waals surface area contributed by atoms with Crippen LogP contribution in [0.5, 0.6) is 0 Å². The molecule has 0 atom stereocenters. The van der Waals surface area contributed by atoms with E-state index < -0.39 is 11.7 Å². The van der Waals surface area contributed by atoms with Crippen LogP contribution >= 0.6 is 35.0 Å². The molecule has 1 aromatic carbocycles. The van der Waals surface area contributed by atoms with Crippen LogP contribution in [0.3, 0.4) is 0 Å². The van der Waals surface area contributed by atoms with Crippen LogP contribution in [-0.4, -0.2) is 25.9 Å². The highest BCUT2D eigenvalue weighted by Gasteiger charge is 2.28. The number of carbonyl (C=O) groups excluding carboxylic acids is 1. The number of carbonyl (C=O) groups is 1. The average molecular weight is 396 g/mol. The number of hydrogen-bond donors (Lipinski definition) is 1. The van der Waals surface area contributed by atoms with Gasteiger partial charge in [0.25, 0.3) is 5.91 Å². The molecule has 25 heavy (non-hydrogen) atoms. The van der Waals surface area contributed by atoms with E-state index in [2.05, 4.69) is 20.6 Å². The third kappa shape index (κ3) is 2.86. The van der Waals surface area contributed by atoms with E-state index in [0.717, 1.165) is 0 Å². The minimum atomic E-state index is -0.496. The van der Waals surface area contributed by atoms with E-state index in [1.165, 1.54) is 34.8 Å². The van der Waals surface area contributed by atoms with Gasteiger partial charge in [0.1, 0.15) is 11.0 Å². The second-order valence-electron chi connectivity index (χ2n) is 5.12. The average Bonchev–Trinajstić information content (AvgIpc) is 3.02. The summed E-state index contributed by atoms with van der Waals surface area (Å²) < 4.78 is 15.1. The molecule has 1 aliphatic heterocycles. The molecule has 4 rings (SSSR count). The van der Waals surface area contributed by atoms with Gasteiger partial charge in [0.2, 0.25) is 0 Å². The number of aromatic nitrogens is 4. The number of amides is 1. The lowest BCUT2D eigenvalue weighted by molar-refractivity contribution is 0.102. The van der Waals surface area contributed by atoms with Crippen LogP contribution in [0.25, 0.3) is 5.69 Å². The monoisotopic (exact) mass is 395 g/mol. The zero-order valence-electron chi connectivity index (χ0n) is 12.3. The van der Waals surface area contributed by atoms with Crippen molar-refractivity contribution in [2.24, 2.45) is 0 Å².